The molecule has 1 aromatic rings. The van der Waals surface area contributed by atoms with Crippen molar-refractivity contribution in [2.75, 3.05) is 6.61 Å². The first-order valence-corrected chi connectivity index (χ1v) is 15.0. The Bertz CT molecular complexity index is 800. The monoisotopic (exact) mass is 490 g/mol. The third-order valence-corrected chi connectivity index (χ3v) is 11.2. The van der Waals surface area contributed by atoms with Crippen LogP contribution in [0.15, 0.2) is 42.1 Å². The van der Waals surface area contributed by atoms with Gasteiger partial charge in [-0.1, -0.05) is 81.0 Å². The van der Waals surface area contributed by atoms with Crippen molar-refractivity contribution in [2.24, 2.45) is 5.41 Å². The van der Waals surface area contributed by atoms with Crippen LogP contribution in [0.25, 0.3) is 0 Å². The summed E-state index contributed by atoms with van der Waals surface area (Å²) in [5.41, 5.74) is 2.27. The molecule has 0 heterocycles. The van der Waals surface area contributed by atoms with E-state index in [9.17, 15) is 14.4 Å². The van der Waals surface area contributed by atoms with E-state index < -0.39 is 37.6 Å². The fourth-order valence-corrected chi connectivity index (χ4v) is 6.36. The molecule has 190 valence electrons. The van der Waals surface area contributed by atoms with Crippen LogP contribution in [0.2, 0.25) is 18.1 Å². The van der Waals surface area contributed by atoms with E-state index in [2.05, 4.69) is 26.5 Å². The quantitative estimate of drug-likeness (QED) is 0.142. The number of carbonyl (C=O) groups is 3. The minimum Gasteiger partial charge on any atom is -0.465 e. The van der Waals surface area contributed by atoms with Crippen LogP contribution in [0.3, 0.4) is 0 Å². The zero-order valence-corrected chi connectivity index (χ0v) is 22.9. The summed E-state index contributed by atoms with van der Waals surface area (Å²) in [5.74, 6) is -1.43. The van der Waals surface area contributed by atoms with Crippen LogP contribution >= 0.6 is 0 Å². The van der Waals surface area contributed by atoms with Gasteiger partial charge in [0.2, 0.25) is 6.10 Å². The molecular weight excluding hydrogens is 448 g/mol. The van der Waals surface area contributed by atoms with E-state index in [0.29, 0.717) is 18.4 Å². The van der Waals surface area contributed by atoms with Gasteiger partial charge in [0.15, 0.2) is 0 Å². The summed E-state index contributed by atoms with van der Waals surface area (Å²) in [6, 6.07) is 12.2. The zero-order valence-electron chi connectivity index (χ0n) is 21.9. The van der Waals surface area contributed by atoms with E-state index >= 15 is 0 Å². The van der Waals surface area contributed by atoms with Crippen molar-refractivity contribution in [1.82, 2.24) is 0 Å². The lowest BCUT2D eigenvalue weighted by molar-refractivity contribution is -0.170. The van der Waals surface area contributed by atoms with Crippen molar-refractivity contribution in [3.05, 3.63) is 47.7 Å². The summed E-state index contributed by atoms with van der Waals surface area (Å²) in [5, 5.41) is 0. The Balaban J connectivity index is 3.02. The summed E-state index contributed by atoms with van der Waals surface area (Å²) in [6.45, 7) is 13.6. The average molecular weight is 491 g/mol. The van der Waals surface area contributed by atoms with Gasteiger partial charge in [-0.25, -0.2) is 4.79 Å². The highest BCUT2D eigenvalue weighted by molar-refractivity contribution is 6.84. The molecule has 0 fully saturated rings. The highest BCUT2D eigenvalue weighted by Crippen LogP contribution is 2.25. The smallest absolute Gasteiger partial charge is 0.352 e. The number of esters is 3. The summed E-state index contributed by atoms with van der Waals surface area (Å²) in [4.78, 5) is 36.8. The van der Waals surface area contributed by atoms with Gasteiger partial charge in [0, 0.05) is 12.5 Å². The molecule has 0 bridgehead atoms. The van der Waals surface area contributed by atoms with Crippen LogP contribution in [0.4, 0.5) is 0 Å². The summed E-state index contributed by atoms with van der Waals surface area (Å²) in [7, 11) is -1.58. The van der Waals surface area contributed by atoms with E-state index in [1.165, 1.54) is 6.92 Å². The predicted molar refractivity (Wildman–Crippen MR) is 137 cm³/mol. The largest absolute Gasteiger partial charge is 0.465 e. The predicted octanol–water partition coefficient (Wildman–Crippen LogP) is 6.18. The molecule has 0 saturated carbocycles. The fraction of sp³-hybridized carbons (Fsp3) is 0.593. The topological polar surface area (TPSA) is 78.9 Å². The molecule has 0 N–H and O–H groups in total. The number of benzene rings is 1. The van der Waals surface area contributed by atoms with Gasteiger partial charge in [-0.15, -0.1) is 0 Å². The highest BCUT2D eigenvalue weighted by Gasteiger charge is 2.29. The molecular formula is C27H42O6Si. The van der Waals surface area contributed by atoms with Crippen molar-refractivity contribution < 1.29 is 28.6 Å². The van der Waals surface area contributed by atoms with Crippen LogP contribution < -0.4 is 0 Å². The van der Waals surface area contributed by atoms with Gasteiger partial charge < -0.3 is 14.2 Å². The van der Waals surface area contributed by atoms with E-state index in [1.807, 2.05) is 32.9 Å². The molecule has 0 radical (unpaired) electrons. The van der Waals surface area contributed by atoms with Crippen molar-refractivity contribution in [3.63, 3.8) is 0 Å². The Morgan fingerprint density at radius 2 is 1.56 bits per heavy atom. The first kappa shape index (κ1) is 29.6. The van der Waals surface area contributed by atoms with E-state index in [-0.39, 0.29) is 12.6 Å². The van der Waals surface area contributed by atoms with Gasteiger partial charge >= 0.3 is 17.9 Å². The minimum absolute atomic E-state index is 0.252. The molecule has 1 aromatic carbocycles. The van der Waals surface area contributed by atoms with Crippen molar-refractivity contribution in [2.45, 2.75) is 91.6 Å². The van der Waals surface area contributed by atoms with Crippen molar-refractivity contribution in [1.29, 1.82) is 0 Å². The molecule has 0 aliphatic rings. The average Bonchev–Trinajstić information content (AvgIpc) is 2.80. The molecule has 2 atom stereocenters. The third-order valence-electron chi connectivity index (χ3n) is 6.12. The number of rotatable bonds is 13. The molecule has 0 amide bonds. The van der Waals surface area contributed by atoms with Gasteiger partial charge in [0.05, 0.1) is 20.1 Å². The molecule has 34 heavy (non-hydrogen) atoms. The Labute approximate surface area is 206 Å². The van der Waals surface area contributed by atoms with Crippen LogP contribution in [0.1, 0.15) is 73.0 Å². The number of hydrogen-bond donors (Lipinski definition) is 0. The lowest BCUT2D eigenvalue weighted by Crippen LogP contribution is -2.30. The first-order chi connectivity index (χ1) is 16.0. The van der Waals surface area contributed by atoms with Gasteiger partial charge in [-0.2, -0.15) is 0 Å². The number of hydrogen-bond acceptors (Lipinski definition) is 6. The van der Waals surface area contributed by atoms with Gasteiger partial charge in [-0.3, -0.25) is 9.59 Å². The second kappa shape index (κ2) is 14.1. The van der Waals surface area contributed by atoms with E-state index in [1.54, 1.807) is 24.3 Å². The number of carbonyl (C=O) groups excluding carboxylic acids is 3. The molecule has 0 saturated heterocycles. The molecule has 7 heteroatoms. The van der Waals surface area contributed by atoms with Gasteiger partial charge in [-0.05, 0) is 33.6 Å². The highest BCUT2D eigenvalue weighted by atomic mass is 28.3. The second-order valence-corrected chi connectivity index (χ2v) is 14.9. The van der Waals surface area contributed by atoms with E-state index in [0.717, 1.165) is 18.1 Å². The lowest BCUT2D eigenvalue weighted by atomic mass is 9.97. The maximum absolute atomic E-state index is 13.1. The second-order valence-electron chi connectivity index (χ2n) is 9.69. The van der Waals surface area contributed by atoms with Crippen LogP contribution in [-0.4, -0.2) is 38.7 Å². The minimum atomic E-state index is -1.58. The fourth-order valence-electron chi connectivity index (χ4n) is 3.53. The zero-order chi connectivity index (χ0) is 25.8. The van der Waals surface area contributed by atoms with Gasteiger partial charge in [0.1, 0.15) is 6.10 Å². The molecule has 6 nitrogen and oxygen atoms in total. The molecule has 0 aromatic heterocycles. The van der Waals surface area contributed by atoms with Crippen LogP contribution in [0, 0.1) is 5.41 Å². The molecule has 0 aliphatic carbocycles. The van der Waals surface area contributed by atoms with Crippen LogP contribution in [0.5, 0.6) is 0 Å². The van der Waals surface area contributed by atoms with Gasteiger partial charge in [0.25, 0.3) is 0 Å². The maximum atomic E-state index is 13.1. The van der Waals surface area contributed by atoms with Crippen molar-refractivity contribution >= 4 is 26.0 Å². The summed E-state index contributed by atoms with van der Waals surface area (Å²) < 4.78 is 16.5. The standard InChI is InChI=1S/C27H42O6Si/c1-8-34(9-2,10-3)20-18-23(17-14-19-31-26(30)27(5,6)7)33-25(29)24(32-21(4)28)22-15-12-11-13-16-22/h11-13,15-16,18,20,23-24H,8-10,14,17,19H2,1-7H3/b20-18+/t23-,24-/m0/s1. The van der Waals surface area contributed by atoms with Crippen LogP contribution in [-0.2, 0) is 28.6 Å². The number of ether oxygens (including phenoxy) is 3. The lowest BCUT2D eigenvalue weighted by Gasteiger charge is -2.25. The molecule has 0 unspecified atom stereocenters. The SMILES string of the molecule is CC[Si](/C=C/[C@H](CCCOC(=O)C(C)(C)C)OC(=O)[C@@H](OC(C)=O)c1ccccc1)(CC)CC. The Hall–Kier alpha value is -2.41. The summed E-state index contributed by atoms with van der Waals surface area (Å²) in [6.07, 6.45) is 1.41. The third kappa shape index (κ3) is 9.83. The first-order valence-electron chi connectivity index (χ1n) is 12.3. The Kier molecular flexibility index (Phi) is 12.3. The van der Waals surface area contributed by atoms with E-state index in [4.69, 9.17) is 14.2 Å². The molecule has 1 rings (SSSR count). The molecule has 0 aliphatic heterocycles. The van der Waals surface area contributed by atoms with Crippen molar-refractivity contribution in [3.8, 4) is 0 Å². The summed E-state index contributed by atoms with van der Waals surface area (Å²) >= 11 is 0. The normalized spacial score (nSPS) is 13.9. The molecule has 0 spiro atoms. The Morgan fingerprint density at radius 1 is 0.971 bits per heavy atom. The Morgan fingerprint density at radius 3 is 2.06 bits per heavy atom. The maximum Gasteiger partial charge on any atom is 0.352 e.